The summed E-state index contributed by atoms with van der Waals surface area (Å²) < 4.78 is 0. The van der Waals surface area contributed by atoms with E-state index >= 15 is 0 Å². The van der Waals surface area contributed by atoms with Gasteiger partial charge >= 0.3 is 0 Å². The number of amides is 1. The maximum absolute atomic E-state index is 9.88. The zero-order valence-corrected chi connectivity index (χ0v) is 3.79. The number of hydrazine groups is 1. The van der Waals surface area contributed by atoms with E-state index in [0.29, 0.717) is 0 Å². The number of rotatable bonds is 1. The van der Waals surface area contributed by atoms with Crippen LogP contribution in [-0.4, -0.2) is 11.0 Å². The molecule has 7 heavy (non-hydrogen) atoms. The van der Waals surface area contributed by atoms with Crippen LogP contribution in [0.4, 0.5) is 0 Å². The molecule has 0 unspecified atom stereocenters. The maximum Gasteiger partial charge on any atom is 0.257 e. The van der Waals surface area contributed by atoms with Gasteiger partial charge in [0.2, 0.25) is 0 Å². The van der Waals surface area contributed by atoms with Gasteiger partial charge in [-0.15, -0.1) is 10.0 Å². The SMILES string of the molecule is CC(=O)N(N)N=O. The third-order valence-electron chi connectivity index (χ3n) is 0.411. The molecule has 0 fully saturated rings. The van der Waals surface area contributed by atoms with Crippen LogP contribution in [0.15, 0.2) is 5.29 Å². The molecule has 0 bridgehead atoms. The predicted octanol–water partition coefficient (Wildman–Crippen LogP) is -0.610. The summed E-state index contributed by atoms with van der Waals surface area (Å²) in [5, 5.41) is 2.32. The van der Waals surface area contributed by atoms with Crippen LogP contribution < -0.4 is 5.84 Å². The number of hydrogen-bond donors (Lipinski definition) is 1. The molecule has 0 rings (SSSR count). The van der Waals surface area contributed by atoms with E-state index < -0.39 is 5.91 Å². The molecule has 0 heterocycles. The zero-order valence-electron chi connectivity index (χ0n) is 3.79. The Balaban J connectivity index is 3.55. The minimum atomic E-state index is -0.574. The first-order valence-electron chi connectivity index (χ1n) is 1.57. The number of carbonyl (C=O) groups excluding carboxylic acids is 1. The van der Waals surface area contributed by atoms with Crippen molar-refractivity contribution >= 4 is 5.91 Å². The summed E-state index contributed by atoms with van der Waals surface area (Å²) in [4.78, 5) is 19.2. The van der Waals surface area contributed by atoms with Gasteiger partial charge in [0.15, 0.2) is 0 Å². The van der Waals surface area contributed by atoms with Gasteiger partial charge in [0, 0.05) is 6.92 Å². The third kappa shape index (κ3) is 1.83. The summed E-state index contributed by atoms with van der Waals surface area (Å²) >= 11 is 0. The molecule has 5 nitrogen and oxygen atoms in total. The smallest absolute Gasteiger partial charge is 0.257 e. The molecule has 0 aromatic heterocycles. The first-order valence-corrected chi connectivity index (χ1v) is 1.57. The lowest BCUT2D eigenvalue weighted by atomic mass is 10.7. The molecule has 0 aliphatic heterocycles. The summed E-state index contributed by atoms with van der Waals surface area (Å²) in [6, 6.07) is 0. The van der Waals surface area contributed by atoms with E-state index in [-0.39, 0.29) is 5.12 Å². The van der Waals surface area contributed by atoms with Crippen molar-refractivity contribution in [1.82, 2.24) is 5.12 Å². The van der Waals surface area contributed by atoms with Crippen molar-refractivity contribution in [2.45, 2.75) is 6.92 Å². The summed E-state index contributed by atoms with van der Waals surface area (Å²) in [5.41, 5.74) is 0. The number of nitrogens with two attached hydrogens (primary N) is 1. The number of hydrogen-bond acceptors (Lipinski definition) is 4. The second kappa shape index (κ2) is 2.25. The standard InChI is InChI=1S/C2H5N3O2/c1-2(6)5(3)4-7/h3H2,1H3. The highest BCUT2D eigenvalue weighted by Crippen LogP contribution is 1.74. The average Bonchev–Trinajstić information content (AvgIpc) is 1.65. The molecule has 0 saturated carbocycles. The summed E-state index contributed by atoms with van der Waals surface area (Å²) in [6.45, 7) is 1.14. The van der Waals surface area contributed by atoms with E-state index in [1.165, 1.54) is 0 Å². The van der Waals surface area contributed by atoms with Crippen molar-refractivity contribution in [2.75, 3.05) is 0 Å². The molecular formula is C2H5N3O2. The molecular weight excluding hydrogens is 98.0 g/mol. The van der Waals surface area contributed by atoms with Gasteiger partial charge in [0.05, 0.1) is 5.29 Å². The Morgan fingerprint density at radius 1 is 1.86 bits per heavy atom. The van der Waals surface area contributed by atoms with E-state index in [1.807, 2.05) is 0 Å². The van der Waals surface area contributed by atoms with E-state index in [2.05, 4.69) is 11.1 Å². The van der Waals surface area contributed by atoms with Gasteiger partial charge in [-0.1, -0.05) is 0 Å². The Kier molecular flexibility index (Phi) is 1.94. The number of carbonyl (C=O) groups is 1. The topological polar surface area (TPSA) is 75.8 Å². The van der Waals surface area contributed by atoms with Gasteiger partial charge in [0.1, 0.15) is 0 Å². The first kappa shape index (κ1) is 6.03. The fourth-order valence-electron chi connectivity index (χ4n) is 0.0575. The van der Waals surface area contributed by atoms with Crippen LogP contribution in [0.3, 0.4) is 0 Å². The molecule has 0 radical (unpaired) electrons. The zero-order chi connectivity index (χ0) is 5.86. The Morgan fingerprint density at radius 2 is 2.29 bits per heavy atom. The molecule has 0 aromatic carbocycles. The Hall–Kier alpha value is -0.970. The van der Waals surface area contributed by atoms with E-state index in [9.17, 15) is 9.70 Å². The highest BCUT2D eigenvalue weighted by atomic mass is 16.3. The average molecular weight is 103 g/mol. The largest absolute Gasteiger partial charge is 0.272 e. The van der Waals surface area contributed by atoms with Crippen molar-refractivity contribution in [3.05, 3.63) is 4.91 Å². The Labute approximate surface area is 40.0 Å². The molecule has 0 atom stereocenters. The fraction of sp³-hybridized carbons (Fsp3) is 0.500. The van der Waals surface area contributed by atoms with E-state index in [4.69, 9.17) is 0 Å². The molecule has 0 aliphatic rings. The van der Waals surface area contributed by atoms with Crippen molar-refractivity contribution in [3.63, 3.8) is 0 Å². The fourth-order valence-corrected chi connectivity index (χ4v) is 0.0575. The highest BCUT2D eigenvalue weighted by Gasteiger charge is 1.97. The van der Waals surface area contributed by atoms with Gasteiger partial charge in [-0.05, 0) is 0 Å². The normalized spacial score (nSPS) is 7.71. The lowest BCUT2D eigenvalue weighted by molar-refractivity contribution is -0.129. The monoisotopic (exact) mass is 103 g/mol. The first-order chi connectivity index (χ1) is 3.18. The quantitative estimate of drug-likeness (QED) is 0.208. The number of nitroso groups, excluding NO2 is 1. The number of nitrogens with zero attached hydrogens (tertiary/aromatic N) is 2. The van der Waals surface area contributed by atoms with Crippen molar-refractivity contribution in [3.8, 4) is 0 Å². The van der Waals surface area contributed by atoms with Gasteiger partial charge in [-0.3, -0.25) is 4.79 Å². The van der Waals surface area contributed by atoms with Gasteiger partial charge < -0.3 is 0 Å². The molecule has 1 amide bonds. The second-order valence-electron chi connectivity index (χ2n) is 0.945. The third-order valence-corrected chi connectivity index (χ3v) is 0.411. The van der Waals surface area contributed by atoms with Crippen LogP contribution in [0, 0.1) is 4.91 Å². The van der Waals surface area contributed by atoms with Crippen LogP contribution in [0.5, 0.6) is 0 Å². The summed E-state index contributed by atoms with van der Waals surface area (Å²) in [5.74, 6) is 4.05. The molecule has 5 heteroatoms. The minimum Gasteiger partial charge on any atom is -0.272 e. The van der Waals surface area contributed by atoms with Crippen LogP contribution in [0.2, 0.25) is 0 Å². The lowest BCUT2D eigenvalue weighted by Gasteiger charge is -1.97. The molecule has 0 aliphatic carbocycles. The van der Waals surface area contributed by atoms with Crippen molar-refractivity contribution in [1.29, 1.82) is 0 Å². The van der Waals surface area contributed by atoms with Crippen molar-refractivity contribution in [2.24, 2.45) is 11.1 Å². The summed E-state index contributed by atoms with van der Waals surface area (Å²) in [7, 11) is 0. The molecule has 2 N–H and O–H groups in total. The van der Waals surface area contributed by atoms with Crippen molar-refractivity contribution < 1.29 is 4.79 Å². The summed E-state index contributed by atoms with van der Waals surface area (Å²) in [6.07, 6.45) is 0. The maximum atomic E-state index is 9.88. The molecule has 40 valence electrons. The van der Waals surface area contributed by atoms with Crippen LogP contribution in [-0.2, 0) is 4.79 Å². The van der Waals surface area contributed by atoms with Crippen LogP contribution in [0.25, 0.3) is 0 Å². The minimum absolute atomic E-state index is 0.222. The van der Waals surface area contributed by atoms with Crippen LogP contribution >= 0.6 is 0 Å². The molecule has 0 spiro atoms. The lowest BCUT2D eigenvalue weighted by Crippen LogP contribution is -2.29. The molecule has 0 saturated heterocycles. The molecule has 0 aromatic rings. The van der Waals surface area contributed by atoms with Gasteiger partial charge in [0.25, 0.3) is 5.91 Å². The Morgan fingerprint density at radius 3 is 2.29 bits per heavy atom. The highest BCUT2D eigenvalue weighted by molar-refractivity contribution is 5.71. The van der Waals surface area contributed by atoms with E-state index in [0.717, 1.165) is 6.92 Å². The van der Waals surface area contributed by atoms with E-state index in [1.54, 1.807) is 0 Å². The van der Waals surface area contributed by atoms with Crippen LogP contribution in [0.1, 0.15) is 6.92 Å². The van der Waals surface area contributed by atoms with Gasteiger partial charge in [-0.2, -0.15) is 0 Å². The predicted molar refractivity (Wildman–Crippen MR) is 22.5 cm³/mol. The second-order valence-corrected chi connectivity index (χ2v) is 0.945. The van der Waals surface area contributed by atoms with Gasteiger partial charge in [-0.25, -0.2) is 5.84 Å². The Bertz CT molecular complexity index is 90.9.